The van der Waals surface area contributed by atoms with Crippen molar-refractivity contribution in [3.63, 3.8) is 0 Å². The summed E-state index contributed by atoms with van der Waals surface area (Å²) in [4.78, 5) is 4.26. The first-order valence-electron chi connectivity index (χ1n) is 8.35. The first kappa shape index (κ1) is 22.9. The summed E-state index contributed by atoms with van der Waals surface area (Å²) < 4.78 is 15.8. The van der Waals surface area contributed by atoms with Crippen LogP contribution >= 0.6 is 24.0 Å². The van der Waals surface area contributed by atoms with Crippen molar-refractivity contribution in [2.24, 2.45) is 10.4 Å². The fourth-order valence-electron chi connectivity index (χ4n) is 2.24. The lowest BCUT2D eigenvalue weighted by Crippen LogP contribution is -2.41. The predicted molar refractivity (Wildman–Crippen MR) is 105 cm³/mol. The minimum Gasteiger partial charge on any atom is -0.382 e. The summed E-state index contributed by atoms with van der Waals surface area (Å²) in [6.45, 7) is 7.60. The van der Waals surface area contributed by atoms with E-state index in [-0.39, 0.29) is 24.0 Å². The molecule has 138 valence electrons. The Morgan fingerprint density at radius 2 is 1.87 bits per heavy atom. The molecular weight excluding hydrogens is 409 g/mol. The minimum atomic E-state index is 0. The van der Waals surface area contributed by atoms with E-state index in [9.17, 15) is 0 Å². The fraction of sp³-hybridized carbons (Fsp3) is 0.938. The van der Waals surface area contributed by atoms with Gasteiger partial charge in [0.1, 0.15) is 0 Å². The Hall–Kier alpha value is -0.120. The van der Waals surface area contributed by atoms with E-state index in [1.165, 1.54) is 12.8 Å². The highest BCUT2D eigenvalue weighted by atomic mass is 127. The molecule has 1 aliphatic rings. The van der Waals surface area contributed by atoms with E-state index >= 15 is 0 Å². The van der Waals surface area contributed by atoms with Gasteiger partial charge < -0.3 is 24.8 Å². The Morgan fingerprint density at radius 1 is 1.09 bits per heavy atom. The second-order valence-electron chi connectivity index (χ2n) is 5.76. The number of guanidine groups is 1. The molecule has 2 N–H and O–H groups in total. The Balaban J connectivity index is 0.00000484. The van der Waals surface area contributed by atoms with Crippen molar-refractivity contribution in [1.82, 2.24) is 10.6 Å². The van der Waals surface area contributed by atoms with Crippen molar-refractivity contribution in [1.29, 1.82) is 0 Å². The first-order valence-corrected chi connectivity index (χ1v) is 8.35. The lowest BCUT2D eigenvalue weighted by Gasteiger charge is -2.18. The summed E-state index contributed by atoms with van der Waals surface area (Å²) >= 11 is 0. The van der Waals surface area contributed by atoms with Crippen molar-refractivity contribution >= 4 is 29.9 Å². The van der Waals surface area contributed by atoms with E-state index in [1.54, 1.807) is 7.11 Å². The van der Waals surface area contributed by atoms with Crippen LogP contribution in [0.2, 0.25) is 0 Å². The molecule has 1 saturated carbocycles. The van der Waals surface area contributed by atoms with E-state index in [1.807, 2.05) is 14.0 Å². The van der Waals surface area contributed by atoms with Crippen LogP contribution in [-0.2, 0) is 14.2 Å². The Kier molecular flexibility index (Phi) is 14.2. The molecule has 7 heteroatoms. The van der Waals surface area contributed by atoms with Gasteiger partial charge in [-0.2, -0.15) is 0 Å². The molecule has 0 amide bonds. The molecule has 0 aromatic heterocycles. The van der Waals surface area contributed by atoms with Crippen LogP contribution in [0, 0.1) is 5.41 Å². The van der Waals surface area contributed by atoms with E-state index < -0.39 is 0 Å². The second kappa shape index (κ2) is 14.2. The van der Waals surface area contributed by atoms with Gasteiger partial charge in [-0.25, -0.2) is 0 Å². The maximum atomic E-state index is 5.47. The molecule has 0 atom stereocenters. The molecule has 6 nitrogen and oxygen atoms in total. The maximum absolute atomic E-state index is 5.47. The van der Waals surface area contributed by atoms with Crippen molar-refractivity contribution in [3.05, 3.63) is 0 Å². The van der Waals surface area contributed by atoms with Crippen molar-refractivity contribution in [2.45, 2.75) is 32.6 Å². The molecule has 0 unspecified atom stereocenters. The number of halogens is 1. The molecule has 1 aliphatic carbocycles. The van der Waals surface area contributed by atoms with Gasteiger partial charge in [-0.15, -0.1) is 24.0 Å². The van der Waals surface area contributed by atoms with Gasteiger partial charge in [0.25, 0.3) is 0 Å². The van der Waals surface area contributed by atoms with Gasteiger partial charge in [0.05, 0.1) is 13.2 Å². The Morgan fingerprint density at radius 3 is 2.48 bits per heavy atom. The SMILES string of the molecule is CCOCCC1(CNC(=NC)NCCCOCCOC)CC1.I. The van der Waals surface area contributed by atoms with Crippen molar-refractivity contribution in [2.75, 3.05) is 60.3 Å². The lowest BCUT2D eigenvalue weighted by atomic mass is 10.0. The topological polar surface area (TPSA) is 64.1 Å². The highest BCUT2D eigenvalue weighted by molar-refractivity contribution is 14.0. The van der Waals surface area contributed by atoms with Crippen molar-refractivity contribution in [3.8, 4) is 0 Å². The second-order valence-corrected chi connectivity index (χ2v) is 5.76. The molecular formula is C16H34IN3O3. The van der Waals surface area contributed by atoms with E-state index in [4.69, 9.17) is 14.2 Å². The largest absolute Gasteiger partial charge is 0.382 e. The zero-order valence-electron chi connectivity index (χ0n) is 14.9. The molecule has 0 aromatic carbocycles. The Bertz CT molecular complexity index is 313. The van der Waals surface area contributed by atoms with Gasteiger partial charge in [-0.1, -0.05) is 0 Å². The molecule has 0 aliphatic heterocycles. The number of aliphatic imine (C=N–C) groups is 1. The Labute approximate surface area is 158 Å². The van der Waals surface area contributed by atoms with Crippen molar-refractivity contribution < 1.29 is 14.2 Å². The van der Waals surface area contributed by atoms with Gasteiger partial charge >= 0.3 is 0 Å². The molecule has 0 saturated heterocycles. The summed E-state index contributed by atoms with van der Waals surface area (Å²) in [5, 5.41) is 6.76. The first-order chi connectivity index (χ1) is 10.8. The number of methoxy groups -OCH3 is 1. The summed E-state index contributed by atoms with van der Waals surface area (Å²) in [5.74, 6) is 0.875. The number of hydrogen-bond donors (Lipinski definition) is 2. The molecule has 0 heterocycles. The maximum Gasteiger partial charge on any atom is 0.190 e. The average molecular weight is 443 g/mol. The van der Waals surface area contributed by atoms with Crippen LogP contribution in [0.5, 0.6) is 0 Å². The van der Waals surface area contributed by atoms with Crippen LogP contribution in [0.15, 0.2) is 4.99 Å². The van der Waals surface area contributed by atoms with E-state index in [0.717, 1.165) is 51.7 Å². The van der Waals surface area contributed by atoms with Crippen LogP contribution in [-0.4, -0.2) is 66.2 Å². The van der Waals surface area contributed by atoms with Crippen LogP contribution in [0.25, 0.3) is 0 Å². The smallest absolute Gasteiger partial charge is 0.190 e. The van der Waals surface area contributed by atoms with Crippen LogP contribution in [0.4, 0.5) is 0 Å². The number of ether oxygens (including phenoxy) is 3. The van der Waals surface area contributed by atoms with Crippen LogP contribution in [0.3, 0.4) is 0 Å². The third-order valence-electron chi connectivity index (χ3n) is 3.98. The van der Waals surface area contributed by atoms with Gasteiger partial charge in [0.2, 0.25) is 0 Å². The zero-order chi connectivity index (χ0) is 16.1. The molecule has 0 spiro atoms. The lowest BCUT2D eigenvalue weighted by molar-refractivity contribution is 0.0698. The summed E-state index contributed by atoms with van der Waals surface area (Å²) in [6, 6.07) is 0. The molecule has 0 bridgehead atoms. The standard InChI is InChI=1S/C16H33N3O3.HI/c1-4-21-11-8-16(6-7-16)14-19-15(17-2)18-9-5-10-22-13-12-20-3;/h4-14H2,1-3H3,(H2,17,18,19);1H. The van der Waals surface area contributed by atoms with E-state index in [0.29, 0.717) is 18.6 Å². The summed E-state index contributed by atoms with van der Waals surface area (Å²) in [5.41, 5.74) is 0.427. The molecule has 0 aromatic rings. The molecule has 1 fully saturated rings. The third-order valence-corrected chi connectivity index (χ3v) is 3.98. The zero-order valence-corrected chi connectivity index (χ0v) is 17.2. The fourth-order valence-corrected chi connectivity index (χ4v) is 2.24. The van der Waals surface area contributed by atoms with Crippen LogP contribution < -0.4 is 10.6 Å². The number of nitrogens with zero attached hydrogens (tertiary/aromatic N) is 1. The minimum absolute atomic E-state index is 0. The highest BCUT2D eigenvalue weighted by Gasteiger charge is 2.41. The normalized spacial score (nSPS) is 15.9. The predicted octanol–water partition coefficient (Wildman–Crippen LogP) is 2.03. The summed E-state index contributed by atoms with van der Waals surface area (Å²) in [6.07, 6.45) is 4.67. The average Bonchev–Trinajstić information content (AvgIpc) is 3.30. The van der Waals surface area contributed by atoms with Gasteiger partial charge in [0, 0.05) is 47.1 Å². The monoisotopic (exact) mass is 443 g/mol. The number of nitrogens with one attached hydrogen (secondary N) is 2. The summed E-state index contributed by atoms with van der Waals surface area (Å²) in [7, 11) is 3.49. The van der Waals surface area contributed by atoms with Crippen LogP contribution in [0.1, 0.15) is 32.6 Å². The number of rotatable bonds is 13. The quantitative estimate of drug-likeness (QED) is 0.197. The van der Waals surface area contributed by atoms with Gasteiger partial charge in [0.15, 0.2) is 5.96 Å². The van der Waals surface area contributed by atoms with Gasteiger partial charge in [-0.3, -0.25) is 4.99 Å². The number of hydrogen-bond acceptors (Lipinski definition) is 4. The third kappa shape index (κ3) is 11.1. The molecule has 1 rings (SSSR count). The highest BCUT2D eigenvalue weighted by Crippen LogP contribution is 2.48. The molecule has 0 radical (unpaired) electrons. The molecule has 23 heavy (non-hydrogen) atoms. The van der Waals surface area contributed by atoms with E-state index in [2.05, 4.69) is 15.6 Å². The van der Waals surface area contributed by atoms with Gasteiger partial charge in [-0.05, 0) is 38.0 Å².